The summed E-state index contributed by atoms with van der Waals surface area (Å²) in [5, 5.41) is 11.0. The lowest BCUT2D eigenvalue weighted by Gasteiger charge is -2.60. The molecule has 5 bridgehead atoms. The Balaban J connectivity index is 1.88. The molecular formula is C19H24O6. The van der Waals surface area contributed by atoms with Crippen LogP contribution in [0.4, 0.5) is 0 Å². The van der Waals surface area contributed by atoms with Gasteiger partial charge in [-0.15, -0.1) is 0 Å². The van der Waals surface area contributed by atoms with Crippen molar-refractivity contribution in [1.82, 2.24) is 0 Å². The maximum atomic E-state index is 12.7. The Hall–Kier alpha value is -1.69. The maximum Gasteiger partial charge on any atom is 0.346 e. The molecular weight excluding hydrogens is 324 g/mol. The lowest BCUT2D eigenvalue weighted by molar-refractivity contribution is -0.272. The number of hydrogen-bond donors (Lipinski definition) is 1. The fraction of sp³-hybridized carbons (Fsp3) is 0.737. The Labute approximate surface area is 146 Å². The van der Waals surface area contributed by atoms with E-state index in [0.29, 0.717) is 31.4 Å². The number of fused-ring (bicyclic) bond motifs is 1. The highest BCUT2D eigenvalue weighted by Crippen LogP contribution is 2.61. The van der Waals surface area contributed by atoms with E-state index in [1.165, 1.54) is 0 Å². The summed E-state index contributed by atoms with van der Waals surface area (Å²) in [5.41, 5.74) is -1.99. The van der Waals surface area contributed by atoms with Crippen LogP contribution < -0.4 is 0 Å². The van der Waals surface area contributed by atoms with Gasteiger partial charge < -0.3 is 14.6 Å². The number of Topliss-reactive ketones (excluding diaryl/α,β-unsaturated/α-hetero) is 2. The van der Waals surface area contributed by atoms with Crippen LogP contribution in [0.25, 0.3) is 0 Å². The van der Waals surface area contributed by atoms with E-state index in [2.05, 4.69) is 0 Å². The summed E-state index contributed by atoms with van der Waals surface area (Å²) >= 11 is 0. The molecule has 6 unspecified atom stereocenters. The zero-order valence-corrected chi connectivity index (χ0v) is 14.8. The number of ether oxygens (including phenoxy) is 2. The van der Waals surface area contributed by atoms with Crippen LogP contribution >= 0.6 is 0 Å². The SMILES string of the molecule is CC1CCC(=O)C2=C3OC4(C)C(C)CC3(OC2=O)C(CCC1=O)C4O. The Kier molecular flexibility index (Phi) is 3.46. The first-order chi connectivity index (χ1) is 11.7. The van der Waals surface area contributed by atoms with Gasteiger partial charge in [0.15, 0.2) is 17.1 Å². The summed E-state index contributed by atoms with van der Waals surface area (Å²) in [6.45, 7) is 5.59. The van der Waals surface area contributed by atoms with Gasteiger partial charge in [-0.05, 0) is 19.8 Å². The first-order valence-corrected chi connectivity index (χ1v) is 9.12. The number of carbonyl (C=O) groups is 3. The largest absolute Gasteiger partial charge is 0.484 e. The van der Waals surface area contributed by atoms with Gasteiger partial charge in [-0.3, -0.25) is 9.59 Å². The van der Waals surface area contributed by atoms with Gasteiger partial charge >= 0.3 is 5.97 Å². The van der Waals surface area contributed by atoms with Gasteiger partial charge in [0.25, 0.3) is 0 Å². The van der Waals surface area contributed by atoms with Crippen molar-refractivity contribution in [2.75, 3.05) is 0 Å². The second kappa shape index (κ2) is 5.16. The van der Waals surface area contributed by atoms with Crippen molar-refractivity contribution in [3.05, 3.63) is 11.3 Å². The Morgan fingerprint density at radius 1 is 1.08 bits per heavy atom. The minimum Gasteiger partial charge on any atom is -0.484 e. The molecule has 6 nitrogen and oxygen atoms in total. The van der Waals surface area contributed by atoms with E-state index in [4.69, 9.17) is 9.47 Å². The highest BCUT2D eigenvalue weighted by atomic mass is 16.6. The Bertz CT molecular complexity index is 709. The lowest BCUT2D eigenvalue weighted by Crippen LogP contribution is -2.69. The van der Waals surface area contributed by atoms with E-state index >= 15 is 0 Å². The number of aliphatic hydroxyl groups is 1. The molecule has 6 heteroatoms. The van der Waals surface area contributed by atoms with Crippen molar-refractivity contribution >= 4 is 17.5 Å². The molecule has 1 N–H and O–H groups in total. The highest BCUT2D eigenvalue weighted by Gasteiger charge is 2.71. The molecule has 136 valence electrons. The van der Waals surface area contributed by atoms with Crippen LogP contribution in [-0.2, 0) is 23.9 Å². The number of carbonyl (C=O) groups excluding carboxylic acids is 3. The van der Waals surface area contributed by atoms with Crippen LogP contribution in [0.15, 0.2) is 11.3 Å². The molecule has 0 aromatic carbocycles. The van der Waals surface area contributed by atoms with Gasteiger partial charge in [-0.25, -0.2) is 4.79 Å². The summed E-state index contributed by atoms with van der Waals surface area (Å²) in [4.78, 5) is 37.6. The average molecular weight is 348 g/mol. The van der Waals surface area contributed by atoms with E-state index in [0.717, 1.165) is 0 Å². The summed E-state index contributed by atoms with van der Waals surface area (Å²) in [5.74, 6) is -1.27. The molecule has 0 radical (unpaired) electrons. The summed E-state index contributed by atoms with van der Waals surface area (Å²) in [6.07, 6.45) is 0.922. The zero-order chi connectivity index (χ0) is 18.1. The number of ketones is 2. The molecule has 5 aliphatic rings. The summed E-state index contributed by atoms with van der Waals surface area (Å²) < 4.78 is 11.8. The minimum absolute atomic E-state index is 0.00317. The number of aliphatic hydroxyl groups excluding tert-OH is 1. The van der Waals surface area contributed by atoms with Gasteiger partial charge in [0, 0.05) is 37.0 Å². The van der Waals surface area contributed by atoms with Crippen LogP contribution in [0.5, 0.6) is 0 Å². The van der Waals surface area contributed by atoms with Crippen molar-refractivity contribution in [3.63, 3.8) is 0 Å². The van der Waals surface area contributed by atoms with E-state index in [1.807, 2.05) is 20.8 Å². The van der Waals surface area contributed by atoms with Crippen LogP contribution in [-0.4, -0.2) is 39.9 Å². The fourth-order valence-corrected chi connectivity index (χ4v) is 5.03. The summed E-state index contributed by atoms with van der Waals surface area (Å²) in [6, 6.07) is 0. The van der Waals surface area contributed by atoms with Gasteiger partial charge in [-0.1, -0.05) is 13.8 Å². The Morgan fingerprint density at radius 3 is 2.52 bits per heavy atom. The first-order valence-electron chi connectivity index (χ1n) is 9.12. The van der Waals surface area contributed by atoms with E-state index < -0.39 is 29.2 Å². The minimum atomic E-state index is -1.10. The smallest absolute Gasteiger partial charge is 0.346 e. The number of rotatable bonds is 0. The number of hydrogen-bond acceptors (Lipinski definition) is 6. The highest BCUT2D eigenvalue weighted by molar-refractivity contribution is 6.19. The third kappa shape index (κ3) is 2.03. The first kappa shape index (κ1) is 16.8. The van der Waals surface area contributed by atoms with Crippen molar-refractivity contribution in [2.45, 2.75) is 70.2 Å². The van der Waals surface area contributed by atoms with Crippen LogP contribution in [0.2, 0.25) is 0 Å². The normalized spacial score (nSPS) is 46.6. The monoisotopic (exact) mass is 348 g/mol. The van der Waals surface area contributed by atoms with Gasteiger partial charge in [0.05, 0.1) is 0 Å². The van der Waals surface area contributed by atoms with E-state index in [-0.39, 0.29) is 35.4 Å². The van der Waals surface area contributed by atoms with Gasteiger partial charge in [0.2, 0.25) is 0 Å². The second-order valence-electron chi connectivity index (χ2n) is 8.29. The second-order valence-corrected chi connectivity index (χ2v) is 8.29. The predicted octanol–water partition coefficient (Wildman–Crippen LogP) is 1.69. The summed E-state index contributed by atoms with van der Waals surface area (Å²) in [7, 11) is 0. The predicted molar refractivity (Wildman–Crippen MR) is 86.3 cm³/mol. The van der Waals surface area contributed by atoms with Crippen molar-refractivity contribution in [3.8, 4) is 0 Å². The molecule has 2 saturated heterocycles. The molecule has 25 heavy (non-hydrogen) atoms. The van der Waals surface area contributed by atoms with Crippen molar-refractivity contribution in [2.24, 2.45) is 17.8 Å². The van der Waals surface area contributed by atoms with E-state index in [9.17, 15) is 19.5 Å². The molecule has 3 heterocycles. The molecule has 0 aromatic rings. The van der Waals surface area contributed by atoms with Crippen LogP contribution in [0, 0.1) is 17.8 Å². The van der Waals surface area contributed by atoms with Crippen molar-refractivity contribution in [1.29, 1.82) is 0 Å². The van der Waals surface area contributed by atoms with Gasteiger partial charge in [-0.2, -0.15) is 0 Å². The molecule has 0 aromatic heterocycles. The van der Waals surface area contributed by atoms with Crippen LogP contribution in [0.1, 0.15) is 52.9 Å². The Morgan fingerprint density at radius 2 is 1.80 bits per heavy atom. The van der Waals surface area contributed by atoms with E-state index in [1.54, 1.807) is 0 Å². The standard InChI is InChI=1S/C19H24O6/c1-9-4-6-13(21)14-16-19(25-17(14)23)8-10(2)18(3,24-16)15(22)11(19)5-7-12(9)20/h9-11,15,22H,4-8H2,1-3H3. The molecule has 5 rings (SSSR count). The zero-order valence-electron chi connectivity index (χ0n) is 14.8. The third-order valence-electron chi connectivity index (χ3n) is 6.90. The number of esters is 1. The quantitative estimate of drug-likeness (QED) is 0.529. The van der Waals surface area contributed by atoms with Gasteiger partial charge in [0.1, 0.15) is 23.1 Å². The maximum absolute atomic E-state index is 12.7. The van der Waals surface area contributed by atoms with Crippen molar-refractivity contribution < 1.29 is 29.0 Å². The van der Waals surface area contributed by atoms with Crippen LogP contribution in [0.3, 0.4) is 0 Å². The molecule has 6 atom stereocenters. The molecule has 2 aliphatic carbocycles. The topological polar surface area (TPSA) is 89.9 Å². The molecule has 0 amide bonds. The molecule has 1 saturated carbocycles. The molecule has 1 spiro atoms. The third-order valence-corrected chi connectivity index (χ3v) is 6.90. The molecule has 3 fully saturated rings. The fourth-order valence-electron chi connectivity index (χ4n) is 5.03. The lowest BCUT2D eigenvalue weighted by atomic mass is 9.58. The average Bonchev–Trinajstić information content (AvgIpc) is 2.82. The molecule has 3 aliphatic heterocycles.